The number of ether oxygens (including phenoxy) is 1. The molecule has 5 heteroatoms. The third-order valence-electron chi connectivity index (χ3n) is 4.97. The largest absolute Gasteiger partial charge is 0.480 e. The van der Waals surface area contributed by atoms with Crippen molar-refractivity contribution >= 4 is 11.9 Å². The van der Waals surface area contributed by atoms with Gasteiger partial charge in [-0.3, -0.25) is 9.59 Å². The van der Waals surface area contributed by atoms with E-state index < -0.39 is 12.0 Å². The molecule has 0 saturated heterocycles. The van der Waals surface area contributed by atoms with E-state index in [-0.39, 0.29) is 11.4 Å². The molecule has 24 heavy (non-hydrogen) atoms. The van der Waals surface area contributed by atoms with Crippen molar-refractivity contribution < 1.29 is 19.4 Å². The molecule has 5 nitrogen and oxygen atoms in total. The minimum Gasteiger partial charge on any atom is -0.480 e. The first-order valence-electron chi connectivity index (χ1n) is 8.69. The maximum absolute atomic E-state index is 12.2. The Kier molecular flexibility index (Phi) is 6.79. The standard InChI is InChI=1S/C19H27NO4/c20-16(18(22)23)9-6-12-19(10-4-5-11-19)13-17(21)24-14-15-7-2-1-3-8-15/h1-3,7-8,16H,4-6,9-14,20H2,(H,22,23). The lowest BCUT2D eigenvalue weighted by atomic mass is 9.78. The highest BCUT2D eigenvalue weighted by atomic mass is 16.5. The van der Waals surface area contributed by atoms with E-state index in [1.807, 2.05) is 30.3 Å². The predicted molar refractivity (Wildman–Crippen MR) is 91.2 cm³/mol. The Morgan fingerprint density at radius 3 is 2.50 bits per heavy atom. The number of nitrogens with two attached hydrogens (primary N) is 1. The number of hydrogen-bond acceptors (Lipinski definition) is 4. The van der Waals surface area contributed by atoms with Crippen molar-refractivity contribution in [2.24, 2.45) is 11.1 Å². The van der Waals surface area contributed by atoms with Gasteiger partial charge in [-0.25, -0.2) is 0 Å². The van der Waals surface area contributed by atoms with E-state index in [4.69, 9.17) is 15.6 Å². The van der Waals surface area contributed by atoms with Gasteiger partial charge >= 0.3 is 11.9 Å². The fraction of sp³-hybridized carbons (Fsp3) is 0.579. The normalized spacial score (nSPS) is 17.4. The van der Waals surface area contributed by atoms with Gasteiger partial charge in [-0.15, -0.1) is 0 Å². The molecule has 1 atom stereocenters. The molecule has 0 aromatic heterocycles. The summed E-state index contributed by atoms with van der Waals surface area (Å²) in [6, 6.07) is 8.84. The SMILES string of the molecule is NC(CCCC1(CC(=O)OCc2ccccc2)CCCC1)C(=O)O. The van der Waals surface area contributed by atoms with Gasteiger partial charge in [-0.05, 0) is 36.7 Å². The number of rotatable bonds is 9. The molecule has 0 radical (unpaired) electrons. The fourth-order valence-electron chi connectivity index (χ4n) is 3.56. The quantitative estimate of drug-likeness (QED) is 0.677. The predicted octanol–water partition coefficient (Wildman–Crippen LogP) is 3.26. The summed E-state index contributed by atoms with van der Waals surface area (Å²) < 4.78 is 5.42. The first-order valence-corrected chi connectivity index (χ1v) is 8.69. The molecular formula is C19H27NO4. The van der Waals surface area contributed by atoms with Gasteiger partial charge in [0.05, 0.1) is 6.42 Å². The molecule has 0 amide bonds. The van der Waals surface area contributed by atoms with Gasteiger partial charge in [0.25, 0.3) is 0 Å². The molecule has 1 aromatic carbocycles. The van der Waals surface area contributed by atoms with Crippen molar-refractivity contribution in [1.29, 1.82) is 0 Å². The molecule has 0 heterocycles. The molecule has 0 aliphatic heterocycles. The highest BCUT2D eigenvalue weighted by molar-refractivity contribution is 5.73. The van der Waals surface area contributed by atoms with Crippen LogP contribution >= 0.6 is 0 Å². The Labute approximate surface area is 143 Å². The number of benzene rings is 1. The van der Waals surface area contributed by atoms with Gasteiger partial charge in [-0.2, -0.15) is 0 Å². The van der Waals surface area contributed by atoms with Crippen LogP contribution in [0, 0.1) is 5.41 Å². The smallest absolute Gasteiger partial charge is 0.320 e. The summed E-state index contributed by atoms with van der Waals surface area (Å²) >= 11 is 0. The van der Waals surface area contributed by atoms with Crippen molar-refractivity contribution in [2.45, 2.75) is 64.0 Å². The lowest BCUT2D eigenvalue weighted by molar-refractivity contribution is -0.148. The summed E-state index contributed by atoms with van der Waals surface area (Å²) in [5.41, 5.74) is 6.52. The van der Waals surface area contributed by atoms with Crippen LogP contribution in [0.25, 0.3) is 0 Å². The number of carboxylic acid groups (broad SMARTS) is 1. The van der Waals surface area contributed by atoms with Crippen molar-refractivity contribution in [3.8, 4) is 0 Å². The molecule has 1 saturated carbocycles. The van der Waals surface area contributed by atoms with Crippen LogP contribution in [0.2, 0.25) is 0 Å². The molecule has 3 N–H and O–H groups in total. The monoisotopic (exact) mass is 333 g/mol. The van der Waals surface area contributed by atoms with Crippen LogP contribution in [0.4, 0.5) is 0 Å². The zero-order valence-corrected chi connectivity index (χ0v) is 14.1. The topological polar surface area (TPSA) is 89.6 Å². The third-order valence-corrected chi connectivity index (χ3v) is 4.97. The minimum atomic E-state index is -0.960. The zero-order valence-electron chi connectivity index (χ0n) is 14.1. The molecule has 1 aliphatic carbocycles. The second-order valence-corrected chi connectivity index (χ2v) is 6.87. The molecule has 1 aliphatic rings. The van der Waals surface area contributed by atoms with E-state index in [1.54, 1.807) is 0 Å². The zero-order chi connectivity index (χ0) is 17.4. The summed E-state index contributed by atoms with van der Waals surface area (Å²) in [7, 11) is 0. The van der Waals surface area contributed by atoms with E-state index in [0.29, 0.717) is 19.4 Å². The lowest BCUT2D eigenvalue weighted by Crippen LogP contribution is -2.30. The molecule has 2 rings (SSSR count). The number of hydrogen-bond donors (Lipinski definition) is 2. The summed E-state index contributed by atoms with van der Waals surface area (Å²) in [4.78, 5) is 23.0. The average molecular weight is 333 g/mol. The van der Waals surface area contributed by atoms with Gasteiger partial charge in [0, 0.05) is 0 Å². The minimum absolute atomic E-state index is 0.0357. The number of carboxylic acids is 1. The Bertz CT molecular complexity index is 538. The van der Waals surface area contributed by atoms with Gasteiger partial charge in [0.2, 0.25) is 0 Å². The van der Waals surface area contributed by atoms with Gasteiger partial charge in [-0.1, -0.05) is 49.6 Å². The molecule has 1 fully saturated rings. The lowest BCUT2D eigenvalue weighted by Gasteiger charge is -2.28. The van der Waals surface area contributed by atoms with E-state index in [0.717, 1.165) is 44.1 Å². The van der Waals surface area contributed by atoms with Crippen LogP contribution in [0.5, 0.6) is 0 Å². The van der Waals surface area contributed by atoms with Crippen LogP contribution in [0.1, 0.15) is 56.9 Å². The first-order chi connectivity index (χ1) is 11.5. The van der Waals surface area contributed by atoms with E-state index in [1.165, 1.54) is 0 Å². The van der Waals surface area contributed by atoms with Gasteiger partial charge in [0.1, 0.15) is 12.6 Å². The Morgan fingerprint density at radius 1 is 1.21 bits per heavy atom. The van der Waals surface area contributed by atoms with Gasteiger partial charge < -0.3 is 15.6 Å². The Balaban J connectivity index is 1.81. The Morgan fingerprint density at radius 2 is 1.88 bits per heavy atom. The second-order valence-electron chi connectivity index (χ2n) is 6.87. The maximum atomic E-state index is 12.2. The third kappa shape index (κ3) is 5.64. The molecular weight excluding hydrogens is 306 g/mol. The fourth-order valence-corrected chi connectivity index (χ4v) is 3.56. The van der Waals surface area contributed by atoms with Crippen molar-refractivity contribution in [2.75, 3.05) is 0 Å². The number of aliphatic carboxylic acids is 1. The summed E-state index contributed by atoms with van der Waals surface area (Å²) in [6.45, 7) is 0.305. The number of carbonyl (C=O) groups is 2. The van der Waals surface area contributed by atoms with Crippen LogP contribution in [-0.4, -0.2) is 23.1 Å². The summed E-state index contributed by atoms with van der Waals surface area (Å²) in [5.74, 6) is -1.12. The van der Waals surface area contributed by atoms with Crippen LogP contribution in [0.15, 0.2) is 30.3 Å². The second kappa shape index (κ2) is 8.83. The summed E-state index contributed by atoms with van der Waals surface area (Å²) in [6.07, 6.45) is 6.71. The first kappa shape index (κ1) is 18.5. The van der Waals surface area contributed by atoms with Crippen LogP contribution in [-0.2, 0) is 20.9 Å². The molecule has 1 aromatic rings. The molecule has 1 unspecified atom stereocenters. The highest BCUT2D eigenvalue weighted by Gasteiger charge is 2.36. The molecule has 0 spiro atoms. The molecule has 0 bridgehead atoms. The van der Waals surface area contributed by atoms with Crippen LogP contribution < -0.4 is 5.73 Å². The van der Waals surface area contributed by atoms with Crippen LogP contribution in [0.3, 0.4) is 0 Å². The van der Waals surface area contributed by atoms with E-state index in [2.05, 4.69) is 0 Å². The number of esters is 1. The van der Waals surface area contributed by atoms with Crippen molar-refractivity contribution in [3.63, 3.8) is 0 Å². The Hall–Kier alpha value is -1.88. The number of carbonyl (C=O) groups excluding carboxylic acids is 1. The average Bonchev–Trinajstić information content (AvgIpc) is 3.02. The highest BCUT2D eigenvalue weighted by Crippen LogP contribution is 2.45. The van der Waals surface area contributed by atoms with Crippen molar-refractivity contribution in [1.82, 2.24) is 0 Å². The maximum Gasteiger partial charge on any atom is 0.320 e. The van der Waals surface area contributed by atoms with E-state index in [9.17, 15) is 9.59 Å². The van der Waals surface area contributed by atoms with Crippen molar-refractivity contribution in [3.05, 3.63) is 35.9 Å². The van der Waals surface area contributed by atoms with Gasteiger partial charge in [0.15, 0.2) is 0 Å². The van der Waals surface area contributed by atoms with E-state index >= 15 is 0 Å². The summed E-state index contributed by atoms with van der Waals surface area (Å²) in [5, 5.41) is 8.86. The molecule has 132 valence electrons.